The molecule has 114 valence electrons. The van der Waals surface area contributed by atoms with Gasteiger partial charge in [-0.1, -0.05) is 28.8 Å². The molecule has 0 aromatic heterocycles. The van der Waals surface area contributed by atoms with E-state index < -0.39 is 5.97 Å². The molecule has 0 atom stereocenters. The average molecular weight is 355 g/mol. The number of aromatic carboxylic acids is 1. The molecule has 0 spiro atoms. The van der Waals surface area contributed by atoms with Gasteiger partial charge in [-0.25, -0.2) is 9.59 Å². The molecule has 1 saturated carbocycles. The molecule has 1 aliphatic carbocycles. The van der Waals surface area contributed by atoms with Gasteiger partial charge in [-0.15, -0.1) is 0 Å². The number of carboxylic acids is 1. The third-order valence-electron chi connectivity index (χ3n) is 3.82. The Morgan fingerprint density at radius 1 is 1.38 bits per heavy atom. The van der Waals surface area contributed by atoms with Crippen LogP contribution < -0.4 is 5.32 Å². The molecular formula is C15H19BrN2O3. The summed E-state index contributed by atoms with van der Waals surface area (Å²) in [5.41, 5.74) is 0.410. The van der Waals surface area contributed by atoms with Crippen molar-refractivity contribution in [2.75, 3.05) is 11.9 Å². The summed E-state index contributed by atoms with van der Waals surface area (Å²) >= 11 is 3.30. The summed E-state index contributed by atoms with van der Waals surface area (Å²) in [5, 5.41) is 11.9. The van der Waals surface area contributed by atoms with Crippen LogP contribution in [0.1, 0.15) is 43.0 Å². The van der Waals surface area contributed by atoms with Crippen LogP contribution >= 0.6 is 15.9 Å². The van der Waals surface area contributed by atoms with Crippen molar-refractivity contribution in [3.8, 4) is 0 Å². The highest BCUT2D eigenvalue weighted by Gasteiger charge is 2.26. The number of nitrogens with one attached hydrogen (secondary N) is 1. The second-order valence-corrected chi connectivity index (χ2v) is 6.07. The summed E-state index contributed by atoms with van der Waals surface area (Å²) in [6.45, 7) is 2.56. The fraction of sp³-hybridized carbons (Fsp3) is 0.467. The van der Waals surface area contributed by atoms with Crippen LogP contribution in [0.25, 0.3) is 0 Å². The summed E-state index contributed by atoms with van der Waals surface area (Å²) in [4.78, 5) is 25.4. The lowest BCUT2D eigenvalue weighted by molar-refractivity contribution is 0.0698. The molecular weight excluding hydrogens is 336 g/mol. The molecule has 2 amide bonds. The molecule has 1 fully saturated rings. The molecule has 2 N–H and O–H groups in total. The van der Waals surface area contributed by atoms with Crippen molar-refractivity contribution < 1.29 is 14.7 Å². The van der Waals surface area contributed by atoms with Crippen LogP contribution in [0, 0.1) is 0 Å². The van der Waals surface area contributed by atoms with Gasteiger partial charge in [0.1, 0.15) is 0 Å². The first kappa shape index (κ1) is 15.8. The highest BCUT2D eigenvalue weighted by atomic mass is 79.9. The Bertz CT molecular complexity index is 542. The summed E-state index contributed by atoms with van der Waals surface area (Å²) < 4.78 is 0.728. The number of hydrogen-bond donors (Lipinski definition) is 2. The molecule has 0 heterocycles. The predicted octanol–water partition coefficient (Wildman–Crippen LogP) is 3.94. The lowest BCUT2D eigenvalue weighted by Crippen LogP contribution is -2.41. The van der Waals surface area contributed by atoms with E-state index in [-0.39, 0.29) is 17.6 Å². The van der Waals surface area contributed by atoms with Crippen LogP contribution in [0.5, 0.6) is 0 Å². The summed E-state index contributed by atoms with van der Waals surface area (Å²) in [5.74, 6) is -1.05. The number of amides is 2. The van der Waals surface area contributed by atoms with E-state index in [1.54, 1.807) is 17.0 Å². The minimum absolute atomic E-state index is 0.0917. The van der Waals surface area contributed by atoms with E-state index in [4.69, 9.17) is 0 Å². The van der Waals surface area contributed by atoms with Gasteiger partial charge in [0.15, 0.2) is 0 Å². The van der Waals surface area contributed by atoms with Crippen LogP contribution in [0.2, 0.25) is 0 Å². The van der Waals surface area contributed by atoms with E-state index in [2.05, 4.69) is 21.2 Å². The second kappa shape index (κ2) is 6.93. The normalized spacial score (nSPS) is 15.0. The second-order valence-electron chi connectivity index (χ2n) is 5.15. The van der Waals surface area contributed by atoms with Gasteiger partial charge >= 0.3 is 12.0 Å². The zero-order valence-corrected chi connectivity index (χ0v) is 13.5. The quantitative estimate of drug-likeness (QED) is 0.859. The van der Waals surface area contributed by atoms with Crippen LogP contribution in [0.4, 0.5) is 10.5 Å². The van der Waals surface area contributed by atoms with Crippen molar-refractivity contribution in [2.24, 2.45) is 0 Å². The molecule has 2 rings (SSSR count). The SMILES string of the molecule is CCN(C(=O)Nc1cc(Br)ccc1C(=O)O)C1CCCC1. The van der Waals surface area contributed by atoms with E-state index in [9.17, 15) is 14.7 Å². The van der Waals surface area contributed by atoms with Gasteiger partial charge in [0.25, 0.3) is 0 Å². The maximum absolute atomic E-state index is 12.4. The average Bonchev–Trinajstić information content (AvgIpc) is 2.93. The third-order valence-corrected chi connectivity index (χ3v) is 4.31. The van der Waals surface area contributed by atoms with Gasteiger partial charge in [-0.3, -0.25) is 0 Å². The van der Waals surface area contributed by atoms with Crippen molar-refractivity contribution in [3.05, 3.63) is 28.2 Å². The minimum atomic E-state index is -1.05. The Morgan fingerprint density at radius 3 is 2.62 bits per heavy atom. The molecule has 1 aliphatic rings. The smallest absolute Gasteiger partial charge is 0.337 e. The third kappa shape index (κ3) is 3.75. The Labute approximate surface area is 132 Å². The summed E-state index contributed by atoms with van der Waals surface area (Å²) in [7, 11) is 0. The largest absolute Gasteiger partial charge is 0.478 e. The van der Waals surface area contributed by atoms with Crippen LogP contribution in [0.3, 0.4) is 0 Å². The number of benzene rings is 1. The zero-order valence-electron chi connectivity index (χ0n) is 11.9. The van der Waals surface area contributed by atoms with E-state index >= 15 is 0 Å². The Morgan fingerprint density at radius 2 is 2.05 bits per heavy atom. The molecule has 5 nitrogen and oxygen atoms in total. The van der Waals surface area contributed by atoms with Gasteiger partial charge in [0.05, 0.1) is 11.3 Å². The Balaban J connectivity index is 2.18. The van der Waals surface area contributed by atoms with E-state index in [1.165, 1.54) is 6.07 Å². The topological polar surface area (TPSA) is 69.6 Å². The summed E-state index contributed by atoms with van der Waals surface area (Å²) in [6, 6.07) is 4.77. The number of anilines is 1. The van der Waals surface area contributed by atoms with Crippen LogP contribution in [-0.2, 0) is 0 Å². The molecule has 0 aliphatic heterocycles. The van der Waals surface area contributed by atoms with Crippen molar-refractivity contribution in [2.45, 2.75) is 38.6 Å². The fourth-order valence-electron chi connectivity index (χ4n) is 2.78. The maximum Gasteiger partial charge on any atom is 0.337 e. The number of carbonyl (C=O) groups excluding carboxylic acids is 1. The van der Waals surface area contributed by atoms with Gasteiger partial charge in [-0.2, -0.15) is 0 Å². The summed E-state index contributed by atoms with van der Waals surface area (Å²) in [6.07, 6.45) is 4.33. The van der Waals surface area contributed by atoms with Crippen LogP contribution in [0.15, 0.2) is 22.7 Å². The van der Waals surface area contributed by atoms with Gasteiger partial charge in [0.2, 0.25) is 0 Å². The highest BCUT2D eigenvalue weighted by molar-refractivity contribution is 9.10. The van der Waals surface area contributed by atoms with Gasteiger partial charge in [-0.05, 0) is 38.0 Å². The first-order valence-electron chi connectivity index (χ1n) is 7.13. The Kier molecular flexibility index (Phi) is 5.22. The maximum atomic E-state index is 12.4. The van der Waals surface area contributed by atoms with Gasteiger partial charge < -0.3 is 15.3 Å². The number of rotatable bonds is 4. The first-order valence-corrected chi connectivity index (χ1v) is 7.92. The fourth-order valence-corrected chi connectivity index (χ4v) is 3.14. The first-order chi connectivity index (χ1) is 10.0. The van der Waals surface area contributed by atoms with Crippen molar-refractivity contribution in [3.63, 3.8) is 0 Å². The van der Waals surface area contributed by atoms with E-state index in [1.807, 2.05) is 6.92 Å². The van der Waals surface area contributed by atoms with E-state index in [0.717, 1.165) is 30.2 Å². The number of nitrogens with zero attached hydrogens (tertiary/aromatic N) is 1. The Hall–Kier alpha value is -1.56. The molecule has 0 radical (unpaired) electrons. The highest BCUT2D eigenvalue weighted by Crippen LogP contribution is 2.26. The standard InChI is InChI=1S/C15H19BrN2O3/c1-2-18(11-5-3-4-6-11)15(21)17-13-9-10(16)7-8-12(13)14(19)20/h7-9,11H,2-6H2,1H3,(H,17,21)(H,19,20). The molecule has 6 heteroatoms. The lowest BCUT2D eigenvalue weighted by atomic mass is 10.2. The van der Waals surface area contributed by atoms with E-state index in [0.29, 0.717) is 12.2 Å². The number of carboxylic acid groups (broad SMARTS) is 1. The molecule has 0 unspecified atom stereocenters. The molecule has 1 aromatic carbocycles. The number of carbonyl (C=O) groups is 2. The van der Waals surface area contributed by atoms with Gasteiger partial charge in [0, 0.05) is 17.1 Å². The van der Waals surface area contributed by atoms with Crippen molar-refractivity contribution in [1.82, 2.24) is 4.90 Å². The van der Waals surface area contributed by atoms with Crippen molar-refractivity contribution in [1.29, 1.82) is 0 Å². The minimum Gasteiger partial charge on any atom is -0.478 e. The zero-order chi connectivity index (χ0) is 15.4. The molecule has 21 heavy (non-hydrogen) atoms. The molecule has 1 aromatic rings. The number of urea groups is 1. The van der Waals surface area contributed by atoms with Crippen LogP contribution in [-0.4, -0.2) is 34.6 Å². The lowest BCUT2D eigenvalue weighted by Gasteiger charge is -2.28. The predicted molar refractivity (Wildman–Crippen MR) is 84.8 cm³/mol. The molecule has 0 saturated heterocycles. The monoisotopic (exact) mass is 354 g/mol. The number of hydrogen-bond acceptors (Lipinski definition) is 2. The molecule has 0 bridgehead atoms. The number of halogens is 1. The van der Waals surface area contributed by atoms with Crippen molar-refractivity contribution >= 4 is 33.6 Å².